The molecule has 0 radical (unpaired) electrons. The van der Waals surface area contributed by atoms with E-state index < -0.39 is 0 Å². The van der Waals surface area contributed by atoms with Gasteiger partial charge in [0.15, 0.2) is 0 Å². The Kier molecular flexibility index (Phi) is 3.69. The minimum absolute atomic E-state index is 0.623. The van der Waals surface area contributed by atoms with Crippen LogP contribution in [0.1, 0.15) is 44.9 Å². The van der Waals surface area contributed by atoms with Gasteiger partial charge in [-0.15, -0.1) is 0 Å². The normalized spacial score (nSPS) is 43.6. The van der Waals surface area contributed by atoms with E-state index in [9.17, 15) is 0 Å². The standard InChI is InChI=1S/C14H26N2O/c1-16-13-5-2-6-14(16)9-12(8-13)15-11-4-3-7-17-10-11/h11-15H,2-10H2,1H3. The first-order chi connectivity index (χ1) is 8.33. The Morgan fingerprint density at radius 2 is 1.76 bits per heavy atom. The second kappa shape index (κ2) is 5.25. The largest absolute Gasteiger partial charge is 0.380 e. The Labute approximate surface area is 105 Å². The van der Waals surface area contributed by atoms with E-state index in [-0.39, 0.29) is 0 Å². The smallest absolute Gasteiger partial charge is 0.0619 e. The van der Waals surface area contributed by atoms with E-state index in [1.54, 1.807) is 0 Å². The molecule has 0 aromatic heterocycles. The Bertz CT molecular complexity index is 239. The van der Waals surface area contributed by atoms with E-state index >= 15 is 0 Å². The molecule has 2 bridgehead atoms. The molecule has 3 rings (SSSR count). The number of fused-ring (bicyclic) bond motifs is 2. The predicted octanol–water partition coefficient (Wildman–Crippen LogP) is 1.77. The third-order valence-electron chi connectivity index (χ3n) is 4.97. The molecule has 3 fully saturated rings. The average molecular weight is 238 g/mol. The van der Waals surface area contributed by atoms with Crippen LogP contribution in [0.15, 0.2) is 0 Å². The molecule has 0 spiro atoms. The average Bonchev–Trinajstić information content (AvgIpc) is 2.32. The zero-order chi connectivity index (χ0) is 11.7. The first kappa shape index (κ1) is 11.9. The molecule has 0 aliphatic carbocycles. The van der Waals surface area contributed by atoms with Crippen molar-refractivity contribution in [3.63, 3.8) is 0 Å². The summed E-state index contributed by atoms with van der Waals surface area (Å²) < 4.78 is 5.57. The van der Waals surface area contributed by atoms with Gasteiger partial charge in [-0.3, -0.25) is 0 Å². The molecule has 3 atom stereocenters. The van der Waals surface area contributed by atoms with Crippen molar-refractivity contribution in [1.29, 1.82) is 0 Å². The van der Waals surface area contributed by atoms with Crippen molar-refractivity contribution in [3.8, 4) is 0 Å². The molecule has 3 heteroatoms. The third kappa shape index (κ3) is 2.67. The summed E-state index contributed by atoms with van der Waals surface area (Å²) >= 11 is 0. The van der Waals surface area contributed by atoms with Gasteiger partial charge in [-0.2, -0.15) is 0 Å². The highest BCUT2D eigenvalue weighted by Gasteiger charge is 2.36. The molecule has 0 amide bonds. The highest BCUT2D eigenvalue weighted by molar-refractivity contribution is 4.94. The van der Waals surface area contributed by atoms with E-state index in [1.807, 2.05) is 0 Å². The lowest BCUT2D eigenvalue weighted by Crippen LogP contribution is -2.56. The number of nitrogens with zero attached hydrogens (tertiary/aromatic N) is 1. The molecule has 0 aromatic rings. The Morgan fingerprint density at radius 3 is 2.41 bits per heavy atom. The summed E-state index contributed by atoms with van der Waals surface area (Å²) in [5.41, 5.74) is 0. The topological polar surface area (TPSA) is 24.5 Å². The monoisotopic (exact) mass is 238 g/mol. The maximum absolute atomic E-state index is 5.57. The number of hydrogen-bond acceptors (Lipinski definition) is 3. The summed E-state index contributed by atoms with van der Waals surface area (Å²) in [4.78, 5) is 2.64. The molecule has 3 heterocycles. The van der Waals surface area contributed by atoms with Crippen molar-refractivity contribution in [2.75, 3.05) is 20.3 Å². The minimum Gasteiger partial charge on any atom is -0.380 e. The molecule has 3 nitrogen and oxygen atoms in total. The molecule has 0 saturated carbocycles. The molecular weight excluding hydrogens is 212 g/mol. The SMILES string of the molecule is CN1C2CCCC1CC(NC1CCCOC1)C2. The van der Waals surface area contributed by atoms with Crippen LogP contribution in [-0.2, 0) is 4.74 Å². The van der Waals surface area contributed by atoms with Gasteiger partial charge in [0.1, 0.15) is 0 Å². The summed E-state index contributed by atoms with van der Waals surface area (Å²) in [5.74, 6) is 0. The summed E-state index contributed by atoms with van der Waals surface area (Å²) in [7, 11) is 2.33. The van der Waals surface area contributed by atoms with Crippen LogP contribution >= 0.6 is 0 Å². The lowest BCUT2D eigenvalue weighted by molar-refractivity contribution is 0.0278. The van der Waals surface area contributed by atoms with Gasteiger partial charge in [-0.1, -0.05) is 6.42 Å². The van der Waals surface area contributed by atoms with Crippen LogP contribution in [0.4, 0.5) is 0 Å². The quantitative estimate of drug-likeness (QED) is 0.793. The van der Waals surface area contributed by atoms with Gasteiger partial charge in [-0.05, 0) is 45.6 Å². The number of ether oxygens (including phenoxy) is 1. The van der Waals surface area contributed by atoms with Crippen molar-refractivity contribution in [1.82, 2.24) is 10.2 Å². The second-order valence-corrected chi connectivity index (χ2v) is 6.15. The van der Waals surface area contributed by atoms with Crippen LogP contribution < -0.4 is 5.32 Å². The van der Waals surface area contributed by atoms with Crippen LogP contribution in [0.5, 0.6) is 0 Å². The molecule has 3 unspecified atom stereocenters. The number of rotatable bonds is 2. The van der Waals surface area contributed by atoms with Gasteiger partial charge in [-0.25, -0.2) is 0 Å². The summed E-state index contributed by atoms with van der Waals surface area (Å²) in [6.45, 7) is 1.90. The number of piperidine rings is 2. The van der Waals surface area contributed by atoms with Crippen LogP contribution in [-0.4, -0.2) is 49.3 Å². The van der Waals surface area contributed by atoms with Crippen LogP contribution in [0, 0.1) is 0 Å². The summed E-state index contributed by atoms with van der Waals surface area (Å²) in [6.07, 6.45) is 9.50. The van der Waals surface area contributed by atoms with Gasteiger partial charge < -0.3 is 15.0 Å². The zero-order valence-corrected chi connectivity index (χ0v) is 11.0. The van der Waals surface area contributed by atoms with Crippen LogP contribution in [0.25, 0.3) is 0 Å². The molecule has 3 aliphatic rings. The van der Waals surface area contributed by atoms with Gasteiger partial charge in [0.05, 0.1) is 6.61 Å². The Hall–Kier alpha value is -0.120. The Balaban J connectivity index is 1.54. The summed E-state index contributed by atoms with van der Waals surface area (Å²) in [6, 6.07) is 3.04. The molecule has 98 valence electrons. The number of nitrogens with one attached hydrogen (secondary N) is 1. The van der Waals surface area contributed by atoms with E-state index in [2.05, 4.69) is 17.3 Å². The highest BCUT2D eigenvalue weighted by atomic mass is 16.5. The van der Waals surface area contributed by atoms with Crippen molar-refractivity contribution in [3.05, 3.63) is 0 Å². The zero-order valence-electron chi connectivity index (χ0n) is 11.0. The molecule has 1 N–H and O–H groups in total. The van der Waals surface area contributed by atoms with Gasteiger partial charge in [0, 0.05) is 30.8 Å². The van der Waals surface area contributed by atoms with Crippen LogP contribution in [0.3, 0.4) is 0 Å². The summed E-state index contributed by atoms with van der Waals surface area (Å²) in [5, 5.41) is 3.86. The fraction of sp³-hybridized carbons (Fsp3) is 1.00. The van der Waals surface area contributed by atoms with E-state index in [1.165, 1.54) is 44.9 Å². The number of hydrogen-bond donors (Lipinski definition) is 1. The van der Waals surface area contributed by atoms with Gasteiger partial charge >= 0.3 is 0 Å². The second-order valence-electron chi connectivity index (χ2n) is 6.15. The third-order valence-corrected chi connectivity index (χ3v) is 4.97. The van der Waals surface area contributed by atoms with Gasteiger partial charge in [0.2, 0.25) is 0 Å². The van der Waals surface area contributed by atoms with E-state index in [0.29, 0.717) is 6.04 Å². The van der Waals surface area contributed by atoms with Crippen molar-refractivity contribution in [2.24, 2.45) is 0 Å². The van der Waals surface area contributed by atoms with Crippen molar-refractivity contribution < 1.29 is 4.74 Å². The minimum atomic E-state index is 0.623. The lowest BCUT2D eigenvalue weighted by atomic mass is 9.82. The van der Waals surface area contributed by atoms with Crippen LogP contribution in [0.2, 0.25) is 0 Å². The molecular formula is C14H26N2O. The van der Waals surface area contributed by atoms with Gasteiger partial charge in [0.25, 0.3) is 0 Å². The molecule has 17 heavy (non-hydrogen) atoms. The first-order valence-electron chi connectivity index (χ1n) is 7.38. The van der Waals surface area contributed by atoms with Crippen molar-refractivity contribution in [2.45, 2.75) is 69.1 Å². The lowest BCUT2D eigenvalue weighted by Gasteiger charge is -2.48. The van der Waals surface area contributed by atoms with E-state index in [4.69, 9.17) is 4.74 Å². The Morgan fingerprint density at radius 1 is 1.00 bits per heavy atom. The molecule has 3 saturated heterocycles. The molecule has 0 aromatic carbocycles. The first-order valence-corrected chi connectivity index (χ1v) is 7.38. The fourth-order valence-corrected chi connectivity index (χ4v) is 3.96. The van der Waals surface area contributed by atoms with Crippen molar-refractivity contribution >= 4 is 0 Å². The predicted molar refractivity (Wildman–Crippen MR) is 69.2 cm³/mol. The highest BCUT2D eigenvalue weighted by Crippen LogP contribution is 2.32. The maximum atomic E-state index is 5.57. The molecule has 3 aliphatic heterocycles. The fourth-order valence-electron chi connectivity index (χ4n) is 3.96. The maximum Gasteiger partial charge on any atom is 0.0619 e. The van der Waals surface area contributed by atoms with E-state index in [0.717, 1.165) is 31.3 Å².